The van der Waals surface area contributed by atoms with Crippen molar-refractivity contribution in [3.63, 3.8) is 0 Å². The molecule has 2 heterocycles. The van der Waals surface area contributed by atoms with Crippen LogP contribution in [0.5, 0.6) is 5.75 Å². The normalized spacial score (nSPS) is 15.4. The second kappa shape index (κ2) is 3.88. The summed E-state index contributed by atoms with van der Waals surface area (Å²) < 4.78 is 8.41. The molecule has 0 N–H and O–H groups in total. The smallest absolute Gasteiger partial charge is 0.182 e. The second-order valence-corrected chi connectivity index (χ2v) is 6.24. The number of ether oxygens (including phenoxy) is 1. The first-order valence-corrected chi connectivity index (χ1v) is 7.26. The van der Waals surface area contributed by atoms with Crippen molar-refractivity contribution in [3.05, 3.63) is 47.5 Å². The molecule has 0 spiro atoms. The summed E-state index contributed by atoms with van der Waals surface area (Å²) in [4.78, 5) is 4.88. The monoisotopic (exact) mass is 278 g/mol. The highest BCUT2D eigenvalue weighted by atomic mass is 16.5. The molecule has 1 aliphatic rings. The number of aromatic nitrogens is 2. The quantitative estimate of drug-likeness (QED) is 0.609. The van der Waals surface area contributed by atoms with Gasteiger partial charge < -0.3 is 4.74 Å². The maximum Gasteiger partial charge on any atom is 0.182 e. The van der Waals surface area contributed by atoms with Gasteiger partial charge >= 0.3 is 0 Å². The van der Waals surface area contributed by atoms with Gasteiger partial charge in [-0.1, -0.05) is 12.1 Å². The Balaban J connectivity index is 2.15. The lowest BCUT2D eigenvalue weighted by Crippen LogP contribution is -2.36. The van der Waals surface area contributed by atoms with E-state index in [1.165, 1.54) is 11.1 Å². The van der Waals surface area contributed by atoms with E-state index in [2.05, 4.69) is 50.5 Å². The Morgan fingerprint density at radius 2 is 1.76 bits per heavy atom. The average Bonchev–Trinajstić information content (AvgIpc) is 2.78. The molecular formula is C18H18N2O. The largest absolute Gasteiger partial charge is 0.467 e. The van der Waals surface area contributed by atoms with E-state index in [9.17, 15) is 0 Å². The number of benzene rings is 2. The van der Waals surface area contributed by atoms with Crippen LogP contribution in [0.3, 0.4) is 0 Å². The maximum atomic E-state index is 6.21. The Morgan fingerprint density at radius 3 is 2.57 bits per heavy atom. The van der Waals surface area contributed by atoms with Crippen molar-refractivity contribution < 1.29 is 4.74 Å². The van der Waals surface area contributed by atoms with Gasteiger partial charge in [-0.3, -0.25) is 4.57 Å². The van der Waals surface area contributed by atoms with Crippen LogP contribution < -0.4 is 4.74 Å². The third-order valence-corrected chi connectivity index (χ3v) is 4.30. The molecule has 1 aliphatic heterocycles. The fraction of sp³-hybridized carbons (Fsp3) is 0.278. The van der Waals surface area contributed by atoms with Crippen LogP contribution >= 0.6 is 0 Å². The molecule has 0 fully saturated rings. The van der Waals surface area contributed by atoms with Crippen molar-refractivity contribution in [3.8, 4) is 17.1 Å². The van der Waals surface area contributed by atoms with Gasteiger partial charge in [-0.05, 0) is 63.1 Å². The lowest BCUT2D eigenvalue weighted by molar-refractivity contribution is 0.0306. The zero-order chi connectivity index (χ0) is 14.8. The molecule has 3 nitrogen and oxygen atoms in total. The second-order valence-electron chi connectivity index (χ2n) is 6.24. The first-order chi connectivity index (χ1) is 9.97. The minimum atomic E-state index is -0.444. The van der Waals surface area contributed by atoms with Crippen LogP contribution in [0.2, 0.25) is 0 Å². The summed E-state index contributed by atoms with van der Waals surface area (Å²) in [7, 11) is 0. The summed E-state index contributed by atoms with van der Waals surface area (Å²) in [5.74, 6) is 1.89. The van der Waals surface area contributed by atoms with Gasteiger partial charge in [0, 0.05) is 0 Å². The highest BCUT2D eigenvalue weighted by Crippen LogP contribution is 2.42. The summed E-state index contributed by atoms with van der Waals surface area (Å²) in [5.41, 5.74) is 5.32. The summed E-state index contributed by atoms with van der Waals surface area (Å²) in [5, 5.41) is 0. The van der Waals surface area contributed by atoms with Gasteiger partial charge in [0.1, 0.15) is 11.6 Å². The van der Waals surface area contributed by atoms with E-state index in [0.29, 0.717) is 0 Å². The summed E-state index contributed by atoms with van der Waals surface area (Å²) >= 11 is 0. The van der Waals surface area contributed by atoms with Gasteiger partial charge in [0.05, 0.1) is 16.6 Å². The Kier molecular flexibility index (Phi) is 2.30. The van der Waals surface area contributed by atoms with Crippen molar-refractivity contribution in [2.24, 2.45) is 0 Å². The zero-order valence-electron chi connectivity index (χ0n) is 12.8. The minimum Gasteiger partial charge on any atom is -0.467 e. The summed E-state index contributed by atoms with van der Waals surface area (Å²) in [6.07, 6.45) is 0. The van der Waals surface area contributed by atoms with Crippen LogP contribution in [-0.4, -0.2) is 9.55 Å². The van der Waals surface area contributed by atoms with Crippen LogP contribution in [0.4, 0.5) is 0 Å². The molecule has 2 aromatic carbocycles. The summed E-state index contributed by atoms with van der Waals surface area (Å²) in [6, 6.07) is 12.5. The fourth-order valence-corrected chi connectivity index (χ4v) is 3.11. The fourth-order valence-electron chi connectivity index (χ4n) is 3.11. The first-order valence-electron chi connectivity index (χ1n) is 7.26. The van der Waals surface area contributed by atoms with Gasteiger partial charge in [-0.2, -0.15) is 0 Å². The standard InChI is InChI=1S/C18H18N2O/c1-11-9-14-15(10-12(11)2)20-17(19-14)13-7-5-6-8-16(13)21-18(20,3)4/h5-10H,1-4H3. The molecule has 3 aromatic rings. The number of hydrogen-bond acceptors (Lipinski definition) is 2. The Labute approximate surface area is 124 Å². The topological polar surface area (TPSA) is 27.1 Å². The lowest BCUT2D eigenvalue weighted by Gasteiger charge is -2.35. The van der Waals surface area contributed by atoms with Crippen molar-refractivity contribution in [1.29, 1.82) is 0 Å². The first kappa shape index (κ1) is 12.5. The molecule has 0 radical (unpaired) electrons. The van der Waals surface area contributed by atoms with Crippen molar-refractivity contribution >= 4 is 11.0 Å². The molecule has 4 rings (SSSR count). The molecule has 0 amide bonds. The highest BCUT2D eigenvalue weighted by Gasteiger charge is 2.34. The number of imidazole rings is 1. The molecule has 21 heavy (non-hydrogen) atoms. The number of nitrogens with zero attached hydrogens (tertiary/aromatic N) is 2. The molecule has 0 atom stereocenters. The predicted molar refractivity (Wildman–Crippen MR) is 84.6 cm³/mol. The molecule has 0 unspecified atom stereocenters. The van der Waals surface area contributed by atoms with Gasteiger partial charge in [-0.15, -0.1) is 0 Å². The van der Waals surface area contributed by atoms with Gasteiger partial charge in [0.25, 0.3) is 0 Å². The lowest BCUT2D eigenvalue weighted by atomic mass is 10.1. The Morgan fingerprint density at radius 1 is 1.05 bits per heavy atom. The molecule has 3 heteroatoms. The SMILES string of the molecule is Cc1cc2nc3n(c2cc1C)C(C)(C)Oc1ccccc1-3. The minimum absolute atomic E-state index is 0.444. The number of rotatable bonds is 0. The van der Waals surface area contributed by atoms with Crippen LogP contribution in [0.25, 0.3) is 22.4 Å². The molecule has 0 aliphatic carbocycles. The predicted octanol–water partition coefficient (Wildman–Crippen LogP) is 4.41. The Hall–Kier alpha value is -2.29. The number of para-hydroxylation sites is 1. The van der Waals surface area contributed by atoms with E-state index in [-0.39, 0.29) is 0 Å². The van der Waals surface area contributed by atoms with Gasteiger partial charge in [0.15, 0.2) is 5.72 Å². The maximum absolute atomic E-state index is 6.21. The van der Waals surface area contributed by atoms with Crippen molar-refractivity contribution in [1.82, 2.24) is 9.55 Å². The van der Waals surface area contributed by atoms with E-state index in [0.717, 1.165) is 28.2 Å². The van der Waals surface area contributed by atoms with Gasteiger partial charge in [0.2, 0.25) is 0 Å². The zero-order valence-corrected chi connectivity index (χ0v) is 12.8. The van der Waals surface area contributed by atoms with Crippen LogP contribution in [0.1, 0.15) is 25.0 Å². The Bertz CT molecular complexity index is 874. The molecule has 0 saturated heterocycles. The van der Waals surface area contributed by atoms with Crippen LogP contribution in [0.15, 0.2) is 36.4 Å². The molecule has 0 saturated carbocycles. The molecular weight excluding hydrogens is 260 g/mol. The highest BCUT2D eigenvalue weighted by molar-refractivity contribution is 5.84. The van der Waals surface area contributed by atoms with E-state index >= 15 is 0 Å². The van der Waals surface area contributed by atoms with Crippen molar-refractivity contribution in [2.75, 3.05) is 0 Å². The molecule has 0 bridgehead atoms. The molecule has 1 aromatic heterocycles. The third-order valence-electron chi connectivity index (χ3n) is 4.30. The molecule has 106 valence electrons. The number of fused-ring (bicyclic) bond motifs is 5. The number of aryl methyl sites for hydroxylation is 2. The van der Waals surface area contributed by atoms with E-state index < -0.39 is 5.72 Å². The van der Waals surface area contributed by atoms with E-state index in [4.69, 9.17) is 9.72 Å². The average molecular weight is 278 g/mol. The van der Waals surface area contributed by atoms with Crippen LogP contribution in [0, 0.1) is 13.8 Å². The number of hydrogen-bond donors (Lipinski definition) is 0. The van der Waals surface area contributed by atoms with Crippen molar-refractivity contribution in [2.45, 2.75) is 33.4 Å². The van der Waals surface area contributed by atoms with E-state index in [1.807, 2.05) is 18.2 Å². The van der Waals surface area contributed by atoms with E-state index in [1.54, 1.807) is 0 Å². The summed E-state index contributed by atoms with van der Waals surface area (Å²) in [6.45, 7) is 8.44. The third kappa shape index (κ3) is 1.63. The van der Waals surface area contributed by atoms with Crippen LogP contribution in [-0.2, 0) is 5.72 Å². The van der Waals surface area contributed by atoms with Gasteiger partial charge in [-0.25, -0.2) is 4.98 Å².